The lowest BCUT2D eigenvalue weighted by Crippen LogP contribution is -2.60. The topological polar surface area (TPSA) is 58.0 Å². The summed E-state index contributed by atoms with van der Waals surface area (Å²) in [6.45, 7) is 1.24. The summed E-state index contributed by atoms with van der Waals surface area (Å²) >= 11 is 0. The molecule has 2 bridgehead atoms. The molecule has 5 heterocycles. The molecule has 224 valence electrons. The van der Waals surface area contributed by atoms with Crippen LogP contribution < -0.4 is 14.0 Å². The molecule has 0 fully saturated rings. The van der Waals surface area contributed by atoms with Crippen LogP contribution in [0.1, 0.15) is 57.7 Å². The first-order valence-corrected chi connectivity index (χ1v) is 15.2. The second-order valence-corrected chi connectivity index (χ2v) is 11.9. The maximum absolute atomic E-state index is 15.0. The predicted octanol–water partition coefficient (Wildman–Crippen LogP) is 6.04. The molecule has 7 nitrogen and oxygen atoms in total. The largest absolute Gasteiger partial charge is 0.497 e. The van der Waals surface area contributed by atoms with Crippen LogP contribution in [0.3, 0.4) is 0 Å². The lowest BCUT2D eigenvalue weighted by molar-refractivity contribution is -0.732. The molecule has 6 aromatic rings. The molecule has 0 amide bonds. The molecule has 0 radical (unpaired) electrons. The molecule has 2 aliphatic heterocycles. The number of pyridine rings is 1. The van der Waals surface area contributed by atoms with Gasteiger partial charge in [0.05, 0.1) is 50.0 Å². The summed E-state index contributed by atoms with van der Waals surface area (Å²) in [5.41, 5.74) is 6.83. The molecule has 3 aromatic heterocycles. The van der Waals surface area contributed by atoms with E-state index in [-0.39, 0.29) is 17.8 Å². The van der Waals surface area contributed by atoms with Crippen LogP contribution in [-0.4, -0.2) is 33.8 Å². The van der Waals surface area contributed by atoms with Gasteiger partial charge in [-0.05, 0) is 71.3 Å². The summed E-state index contributed by atoms with van der Waals surface area (Å²) in [5.74, 6) is 1.24. The number of hydrogen-bond donors (Lipinski definition) is 0. The van der Waals surface area contributed by atoms with E-state index in [9.17, 15) is 4.39 Å². The fourth-order valence-corrected chi connectivity index (χ4v) is 7.40. The second kappa shape index (κ2) is 10.7. The molecule has 3 aromatic carbocycles. The highest BCUT2D eigenvalue weighted by Crippen LogP contribution is 2.58. The first-order chi connectivity index (χ1) is 22.1. The average Bonchev–Trinajstić information content (AvgIpc) is 3.76. The van der Waals surface area contributed by atoms with E-state index in [0.29, 0.717) is 13.1 Å². The maximum Gasteiger partial charge on any atom is 0.190 e. The molecule has 0 saturated carbocycles. The van der Waals surface area contributed by atoms with Gasteiger partial charge in [0.1, 0.15) is 17.3 Å². The van der Waals surface area contributed by atoms with E-state index in [1.807, 2.05) is 52.1 Å². The Morgan fingerprint density at radius 3 is 1.93 bits per heavy atom. The number of nitrogens with zero attached hydrogens (tertiary/aromatic N) is 5. The van der Waals surface area contributed by atoms with Gasteiger partial charge < -0.3 is 9.47 Å². The van der Waals surface area contributed by atoms with Gasteiger partial charge in [0.25, 0.3) is 0 Å². The standard InChI is InChI=1S/C37H33FN5O2/c1-44-28-11-6-25(7-12-28)23-41-19-16-34(39-41)37(35-17-20-42(40-35)24-26-8-13-29(45-2)14-9-26)22-33-30-15-10-27(38)21-31(30)36(37)32-5-3-4-18-43(32)33/h3-21,33,36H,22-24H2,1-2H3/q+1. The first kappa shape index (κ1) is 27.3. The zero-order chi connectivity index (χ0) is 30.5. The molecule has 0 N–H and O–H groups in total. The zero-order valence-corrected chi connectivity index (χ0v) is 25.2. The summed E-state index contributed by atoms with van der Waals surface area (Å²) in [5, 5.41) is 10.5. The van der Waals surface area contributed by atoms with Gasteiger partial charge in [0.2, 0.25) is 0 Å². The van der Waals surface area contributed by atoms with Crippen LogP contribution in [0.15, 0.2) is 116 Å². The van der Waals surface area contributed by atoms with Gasteiger partial charge in [0.15, 0.2) is 17.9 Å². The van der Waals surface area contributed by atoms with Crippen LogP contribution in [0, 0.1) is 5.82 Å². The first-order valence-electron chi connectivity index (χ1n) is 15.2. The zero-order valence-electron chi connectivity index (χ0n) is 25.2. The van der Waals surface area contributed by atoms with E-state index in [1.54, 1.807) is 26.4 Å². The van der Waals surface area contributed by atoms with Gasteiger partial charge in [-0.1, -0.05) is 30.3 Å². The summed E-state index contributed by atoms with van der Waals surface area (Å²) in [7, 11) is 3.34. The lowest BCUT2D eigenvalue weighted by Gasteiger charge is -2.47. The summed E-state index contributed by atoms with van der Waals surface area (Å²) in [6, 6.07) is 32.0. The minimum atomic E-state index is -0.608. The van der Waals surface area contributed by atoms with Crippen molar-refractivity contribution in [1.29, 1.82) is 0 Å². The molecule has 0 saturated heterocycles. The molecule has 1 aliphatic carbocycles. The summed E-state index contributed by atoms with van der Waals surface area (Å²) < 4.78 is 32.0. The number of rotatable bonds is 8. The number of methoxy groups -OCH3 is 2. The van der Waals surface area contributed by atoms with E-state index in [2.05, 4.69) is 65.4 Å². The van der Waals surface area contributed by atoms with Crippen LogP contribution in [0.4, 0.5) is 4.39 Å². The Bertz CT molecular complexity index is 1910. The number of fused-ring (bicyclic) bond motifs is 1. The SMILES string of the molecule is COc1ccc(Cn2ccc(C3(c4ccn(Cc5ccc(OC)cc5)n4)CC4c5ccc(F)cc5C3c3cccc[n+]34)n2)cc1. The normalized spacial score (nSPS) is 17.5. The van der Waals surface area contributed by atoms with E-state index >= 15 is 0 Å². The van der Waals surface area contributed by atoms with Gasteiger partial charge in [-0.25, -0.2) is 4.39 Å². The highest BCUT2D eigenvalue weighted by molar-refractivity contribution is 5.52. The van der Waals surface area contributed by atoms with Crippen LogP contribution in [0.5, 0.6) is 11.5 Å². The van der Waals surface area contributed by atoms with Crippen molar-refractivity contribution in [3.05, 3.63) is 161 Å². The van der Waals surface area contributed by atoms with E-state index < -0.39 is 5.41 Å². The van der Waals surface area contributed by atoms with Crippen molar-refractivity contribution in [2.45, 2.75) is 36.9 Å². The van der Waals surface area contributed by atoms with Crippen molar-refractivity contribution in [3.8, 4) is 11.5 Å². The van der Waals surface area contributed by atoms with Crippen LogP contribution in [-0.2, 0) is 18.5 Å². The lowest BCUT2D eigenvalue weighted by atomic mass is 9.56. The Hall–Kier alpha value is -5.24. The Kier molecular flexibility index (Phi) is 6.52. The number of benzene rings is 3. The van der Waals surface area contributed by atoms with E-state index in [1.165, 1.54) is 0 Å². The van der Waals surface area contributed by atoms with Gasteiger partial charge >= 0.3 is 0 Å². The number of hydrogen-bond acceptors (Lipinski definition) is 4. The van der Waals surface area contributed by atoms with Crippen molar-refractivity contribution >= 4 is 0 Å². The van der Waals surface area contributed by atoms with Crippen molar-refractivity contribution in [1.82, 2.24) is 19.6 Å². The molecule has 2 unspecified atom stereocenters. The Morgan fingerprint density at radius 2 is 1.36 bits per heavy atom. The van der Waals surface area contributed by atoms with Crippen molar-refractivity contribution in [2.24, 2.45) is 0 Å². The molecule has 8 heteroatoms. The molecular weight excluding hydrogens is 565 g/mol. The smallest absolute Gasteiger partial charge is 0.190 e. The average molecular weight is 599 g/mol. The quantitative estimate of drug-likeness (QED) is 0.200. The molecule has 0 spiro atoms. The van der Waals surface area contributed by atoms with E-state index in [4.69, 9.17) is 19.7 Å². The maximum atomic E-state index is 15.0. The van der Waals surface area contributed by atoms with Gasteiger partial charge in [-0.3, -0.25) is 9.36 Å². The van der Waals surface area contributed by atoms with Crippen LogP contribution in [0.25, 0.3) is 0 Å². The molecule has 2 atom stereocenters. The van der Waals surface area contributed by atoms with Crippen molar-refractivity contribution in [3.63, 3.8) is 0 Å². The van der Waals surface area contributed by atoms with Crippen molar-refractivity contribution < 1.29 is 18.4 Å². The molecule has 45 heavy (non-hydrogen) atoms. The Balaban J connectivity index is 1.26. The number of aromatic nitrogens is 5. The van der Waals surface area contributed by atoms with Crippen LogP contribution in [0.2, 0.25) is 0 Å². The monoisotopic (exact) mass is 598 g/mol. The third-order valence-corrected chi connectivity index (χ3v) is 9.48. The highest BCUT2D eigenvalue weighted by atomic mass is 19.1. The number of halogens is 1. The molecule has 3 aliphatic rings. The fourth-order valence-electron chi connectivity index (χ4n) is 7.40. The third kappa shape index (κ3) is 4.51. The van der Waals surface area contributed by atoms with Crippen molar-refractivity contribution in [2.75, 3.05) is 14.2 Å². The van der Waals surface area contributed by atoms with Crippen LogP contribution >= 0.6 is 0 Å². The number of ether oxygens (including phenoxy) is 2. The molecular formula is C37H33FN5O2+. The second-order valence-electron chi connectivity index (χ2n) is 11.9. The van der Waals surface area contributed by atoms with E-state index in [0.717, 1.165) is 57.3 Å². The Labute approximate surface area is 261 Å². The fraction of sp³-hybridized carbons (Fsp3) is 0.216. The summed E-state index contributed by atoms with van der Waals surface area (Å²) in [6.07, 6.45) is 7.00. The highest BCUT2D eigenvalue weighted by Gasteiger charge is 2.61. The van der Waals surface area contributed by atoms with Gasteiger partial charge in [-0.2, -0.15) is 14.8 Å². The minimum Gasteiger partial charge on any atom is -0.497 e. The Morgan fingerprint density at radius 1 is 0.756 bits per heavy atom. The minimum absolute atomic E-state index is 0.0141. The predicted molar refractivity (Wildman–Crippen MR) is 167 cm³/mol. The molecule has 9 rings (SSSR count). The third-order valence-electron chi connectivity index (χ3n) is 9.48. The summed E-state index contributed by atoms with van der Waals surface area (Å²) in [4.78, 5) is 0. The van der Waals surface area contributed by atoms with Gasteiger partial charge in [0, 0.05) is 36.5 Å². The van der Waals surface area contributed by atoms with Gasteiger partial charge in [-0.15, -0.1) is 0 Å².